The van der Waals surface area contributed by atoms with Crippen LogP contribution in [0.25, 0.3) is 0 Å². The van der Waals surface area contributed by atoms with Gasteiger partial charge in [-0.3, -0.25) is 0 Å². The van der Waals surface area contributed by atoms with Crippen molar-refractivity contribution < 1.29 is 4.74 Å². The molecule has 2 aromatic rings. The average molecular weight is 304 g/mol. The molecule has 0 aliphatic rings. The number of nitrogens with one attached hydrogen (secondary N) is 1. The summed E-state index contributed by atoms with van der Waals surface area (Å²) < 4.78 is 5.18. The third-order valence-corrected chi connectivity index (χ3v) is 3.95. The van der Waals surface area contributed by atoms with E-state index in [-0.39, 0.29) is 6.04 Å². The zero-order valence-corrected chi connectivity index (χ0v) is 13.5. The van der Waals surface area contributed by atoms with Crippen molar-refractivity contribution in [1.29, 1.82) is 0 Å². The van der Waals surface area contributed by atoms with Gasteiger partial charge in [-0.25, -0.2) is 0 Å². The number of methoxy groups -OCH3 is 1. The summed E-state index contributed by atoms with van der Waals surface area (Å²) >= 11 is 6.24. The summed E-state index contributed by atoms with van der Waals surface area (Å²) in [6.45, 7) is 4.34. The molecule has 0 fully saturated rings. The number of halogens is 1. The lowest BCUT2D eigenvalue weighted by atomic mass is 10.0. The summed E-state index contributed by atoms with van der Waals surface area (Å²) in [7, 11) is 1.68. The summed E-state index contributed by atoms with van der Waals surface area (Å²) in [5.74, 6) is 0.892. The van der Waals surface area contributed by atoms with Crippen LogP contribution >= 0.6 is 11.6 Å². The Morgan fingerprint density at radius 2 is 1.71 bits per heavy atom. The zero-order chi connectivity index (χ0) is 15.2. The minimum atomic E-state index is 0.229. The second-order valence-corrected chi connectivity index (χ2v) is 5.77. The van der Waals surface area contributed by atoms with Crippen LogP contribution in [-0.2, 0) is 6.42 Å². The molecule has 2 nitrogen and oxygen atoms in total. The Balaban J connectivity index is 1.94. The molecule has 0 saturated carbocycles. The molecule has 2 atom stereocenters. The maximum Gasteiger partial charge on any atom is 0.118 e. The van der Waals surface area contributed by atoms with Gasteiger partial charge in [0.05, 0.1) is 7.11 Å². The van der Waals surface area contributed by atoms with Crippen LogP contribution in [0.2, 0.25) is 5.02 Å². The molecule has 0 amide bonds. The maximum absolute atomic E-state index is 6.24. The topological polar surface area (TPSA) is 21.3 Å². The van der Waals surface area contributed by atoms with E-state index in [1.54, 1.807) is 7.11 Å². The van der Waals surface area contributed by atoms with Gasteiger partial charge in [0.15, 0.2) is 0 Å². The average Bonchev–Trinajstić information content (AvgIpc) is 2.48. The van der Waals surface area contributed by atoms with Gasteiger partial charge in [-0.05, 0) is 49.6 Å². The van der Waals surface area contributed by atoms with E-state index >= 15 is 0 Å². The molecule has 1 unspecified atom stereocenters. The highest BCUT2D eigenvalue weighted by atomic mass is 35.5. The summed E-state index contributed by atoms with van der Waals surface area (Å²) in [5.41, 5.74) is 2.43. The number of benzene rings is 2. The second-order valence-electron chi connectivity index (χ2n) is 5.36. The van der Waals surface area contributed by atoms with Crippen LogP contribution in [-0.4, -0.2) is 13.2 Å². The molecule has 0 aromatic heterocycles. The molecule has 0 heterocycles. The smallest absolute Gasteiger partial charge is 0.118 e. The SMILES string of the molecule is COc1ccc(CC(C)N[C@H](C)c2ccccc2Cl)cc1. The number of hydrogen-bond donors (Lipinski definition) is 1. The van der Waals surface area contributed by atoms with Crippen molar-refractivity contribution in [3.63, 3.8) is 0 Å². The molecule has 0 spiro atoms. The molecule has 21 heavy (non-hydrogen) atoms. The molecule has 2 aromatic carbocycles. The largest absolute Gasteiger partial charge is 0.497 e. The molecule has 0 aliphatic carbocycles. The van der Waals surface area contributed by atoms with Crippen molar-refractivity contribution in [1.82, 2.24) is 5.32 Å². The first-order valence-electron chi connectivity index (χ1n) is 7.23. The molecule has 0 radical (unpaired) electrons. The van der Waals surface area contributed by atoms with Gasteiger partial charge in [0.1, 0.15) is 5.75 Å². The van der Waals surface area contributed by atoms with E-state index in [1.165, 1.54) is 5.56 Å². The van der Waals surface area contributed by atoms with Gasteiger partial charge in [0.25, 0.3) is 0 Å². The van der Waals surface area contributed by atoms with Gasteiger partial charge in [-0.2, -0.15) is 0 Å². The van der Waals surface area contributed by atoms with Crippen molar-refractivity contribution in [2.45, 2.75) is 32.4 Å². The molecule has 3 heteroatoms. The van der Waals surface area contributed by atoms with E-state index in [0.29, 0.717) is 6.04 Å². The second kappa shape index (κ2) is 7.48. The number of hydrogen-bond acceptors (Lipinski definition) is 2. The van der Waals surface area contributed by atoms with E-state index in [1.807, 2.05) is 30.3 Å². The van der Waals surface area contributed by atoms with Gasteiger partial charge in [-0.15, -0.1) is 0 Å². The van der Waals surface area contributed by atoms with E-state index < -0.39 is 0 Å². The number of ether oxygens (including phenoxy) is 1. The van der Waals surface area contributed by atoms with Crippen molar-refractivity contribution in [3.8, 4) is 5.75 Å². The Morgan fingerprint density at radius 1 is 1.05 bits per heavy atom. The predicted octanol–water partition coefficient (Wildman–Crippen LogP) is 4.63. The molecular weight excluding hydrogens is 282 g/mol. The fourth-order valence-corrected chi connectivity index (χ4v) is 2.82. The molecule has 0 bridgehead atoms. The fourth-order valence-electron chi connectivity index (χ4n) is 2.52. The van der Waals surface area contributed by atoms with Gasteiger partial charge in [-0.1, -0.05) is 41.9 Å². The lowest BCUT2D eigenvalue weighted by Gasteiger charge is -2.21. The van der Waals surface area contributed by atoms with Crippen molar-refractivity contribution in [2.75, 3.05) is 7.11 Å². The molecule has 1 N–H and O–H groups in total. The Morgan fingerprint density at radius 3 is 2.33 bits per heavy atom. The standard InChI is InChI=1S/C18H22ClNO/c1-13(12-15-8-10-16(21-3)11-9-15)20-14(2)17-6-4-5-7-18(17)19/h4-11,13-14,20H,12H2,1-3H3/t13?,14-/m1/s1. The van der Waals surface area contributed by atoms with E-state index in [4.69, 9.17) is 16.3 Å². The van der Waals surface area contributed by atoms with Crippen LogP contribution in [0, 0.1) is 0 Å². The molecule has 0 saturated heterocycles. The van der Waals surface area contributed by atoms with Crippen molar-refractivity contribution >= 4 is 11.6 Å². The maximum atomic E-state index is 6.24. The van der Waals surface area contributed by atoms with Crippen LogP contribution < -0.4 is 10.1 Å². The van der Waals surface area contributed by atoms with Crippen molar-refractivity contribution in [2.24, 2.45) is 0 Å². The summed E-state index contributed by atoms with van der Waals surface area (Å²) in [6, 6.07) is 16.8. The first kappa shape index (κ1) is 15.9. The zero-order valence-electron chi connectivity index (χ0n) is 12.8. The monoisotopic (exact) mass is 303 g/mol. The van der Waals surface area contributed by atoms with Crippen LogP contribution in [0.5, 0.6) is 5.75 Å². The predicted molar refractivity (Wildman–Crippen MR) is 89.2 cm³/mol. The van der Waals surface area contributed by atoms with Crippen molar-refractivity contribution in [3.05, 3.63) is 64.7 Å². The van der Waals surface area contributed by atoms with E-state index in [0.717, 1.165) is 22.8 Å². The minimum Gasteiger partial charge on any atom is -0.497 e. The van der Waals surface area contributed by atoms with Crippen LogP contribution in [0.4, 0.5) is 0 Å². The van der Waals surface area contributed by atoms with Gasteiger partial charge in [0, 0.05) is 17.1 Å². The Hall–Kier alpha value is -1.51. The first-order valence-corrected chi connectivity index (χ1v) is 7.61. The lowest BCUT2D eigenvalue weighted by molar-refractivity contribution is 0.414. The lowest BCUT2D eigenvalue weighted by Crippen LogP contribution is -2.30. The minimum absolute atomic E-state index is 0.229. The Bertz CT molecular complexity index is 568. The quantitative estimate of drug-likeness (QED) is 0.840. The Kier molecular flexibility index (Phi) is 5.66. The fraction of sp³-hybridized carbons (Fsp3) is 0.333. The highest BCUT2D eigenvalue weighted by molar-refractivity contribution is 6.31. The summed E-state index contributed by atoms with van der Waals surface area (Å²) in [5, 5.41) is 4.41. The third kappa shape index (κ3) is 4.48. The van der Waals surface area contributed by atoms with Crippen LogP contribution in [0.15, 0.2) is 48.5 Å². The van der Waals surface area contributed by atoms with E-state index in [2.05, 4.69) is 37.4 Å². The van der Waals surface area contributed by atoms with Gasteiger partial charge in [0.2, 0.25) is 0 Å². The van der Waals surface area contributed by atoms with E-state index in [9.17, 15) is 0 Å². The highest BCUT2D eigenvalue weighted by Crippen LogP contribution is 2.23. The van der Waals surface area contributed by atoms with Gasteiger partial charge < -0.3 is 10.1 Å². The normalized spacial score (nSPS) is 13.7. The molecular formula is C18H22ClNO. The first-order chi connectivity index (χ1) is 10.1. The third-order valence-electron chi connectivity index (χ3n) is 3.61. The number of rotatable bonds is 6. The highest BCUT2D eigenvalue weighted by Gasteiger charge is 2.12. The van der Waals surface area contributed by atoms with Gasteiger partial charge >= 0.3 is 0 Å². The summed E-state index contributed by atoms with van der Waals surface area (Å²) in [6.07, 6.45) is 0.971. The molecule has 0 aliphatic heterocycles. The van der Waals surface area contributed by atoms with Crippen LogP contribution in [0.1, 0.15) is 31.0 Å². The summed E-state index contributed by atoms with van der Waals surface area (Å²) in [4.78, 5) is 0. The molecule has 2 rings (SSSR count). The Labute approximate surface area is 132 Å². The van der Waals surface area contributed by atoms with Crippen LogP contribution in [0.3, 0.4) is 0 Å². The molecule has 112 valence electrons.